The molecule has 130 valence electrons. The monoisotopic (exact) mass is 333 g/mol. The van der Waals surface area contributed by atoms with E-state index in [1.54, 1.807) is 29.2 Å². The maximum atomic E-state index is 12.7. The van der Waals surface area contributed by atoms with Crippen LogP contribution >= 0.6 is 0 Å². The molecule has 2 aliphatic rings. The van der Waals surface area contributed by atoms with Crippen LogP contribution in [0.15, 0.2) is 24.3 Å². The Kier molecular flexibility index (Phi) is 4.23. The number of nitrogens with one attached hydrogen (secondary N) is 1. The summed E-state index contributed by atoms with van der Waals surface area (Å²) in [5, 5.41) is 12.8. The minimum atomic E-state index is -0.571. The summed E-state index contributed by atoms with van der Waals surface area (Å²) >= 11 is 0. The molecule has 2 heterocycles. The summed E-state index contributed by atoms with van der Waals surface area (Å²) in [4.78, 5) is 28.7. The molecule has 0 saturated carbocycles. The Balaban J connectivity index is 1.82. The van der Waals surface area contributed by atoms with Gasteiger partial charge in [0.1, 0.15) is 23.4 Å². The van der Waals surface area contributed by atoms with Gasteiger partial charge in [0.05, 0.1) is 6.67 Å². The van der Waals surface area contributed by atoms with Gasteiger partial charge in [0.25, 0.3) is 0 Å². The van der Waals surface area contributed by atoms with Gasteiger partial charge in [0, 0.05) is 24.8 Å². The molecule has 7 nitrogen and oxygen atoms in total. The number of esters is 1. The van der Waals surface area contributed by atoms with Gasteiger partial charge in [0.2, 0.25) is 5.91 Å². The van der Waals surface area contributed by atoms with E-state index >= 15 is 0 Å². The predicted molar refractivity (Wildman–Crippen MR) is 88.6 cm³/mol. The number of hydrogen-bond acceptors (Lipinski definition) is 6. The number of anilines is 1. The molecule has 2 atom stereocenters. The van der Waals surface area contributed by atoms with Gasteiger partial charge < -0.3 is 15.2 Å². The van der Waals surface area contributed by atoms with Crippen LogP contribution in [-0.2, 0) is 14.3 Å². The molecule has 2 saturated heterocycles. The fourth-order valence-electron chi connectivity index (χ4n) is 3.11. The summed E-state index contributed by atoms with van der Waals surface area (Å²) in [7, 11) is 0. The quantitative estimate of drug-likeness (QED) is 0.775. The zero-order valence-electron chi connectivity index (χ0n) is 14.2. The zero-order valence-corrected chi connectivity index (χ0v) is 14.2. The Bertz CT molecular complexity index is 655. The third kappa shape index (κ3) is 3.22. The van der Waals surface area contributed by atoms with Crippen molar-refractivity contribution in [2.75, 3.05) is 24.7 Å². The molecule has 1 aromatic carbocycles. The number of amides is 1. The molecular weight excluding hydrogens is 310 g/mol. The van der Waals surface area contributed by atoms with E-state index in [0.29, 0.717) is 25.4 Å². The highest BCUT2D eigenvalue weighted by Crippen LogP contribution is 2.29. The Labute approximate surface area is 141 Å². The van der Waals surface area contributed by atoms with Crippen LogP contribution in [0.1, 0.15) is 20.8 Å². The molecule has 24 heavy (non-hydrogen) atoms. The number of carbonyl (C=O) groups excluding carboxylic acids is 2. The van der Waals surface area contributed by atoms with Crippen LogP contribution in [0.25, 0.3) is 0 Å². The van der Waals surface area contributed by atoms with Gasteiger partial charge in [-0.05, 0) is 32.9 Å². The van der Waals surface area contributed by atoms with E-state index in [1.807, 2.05) is 25.7 Å². The highest BCUT2D eigenvalue weighted by molar-refractivity contribution is 6.00. The Hall–Kier alpha value is -2.12. The van der Waals surface area contributed by atoms with E-state index in [1.165, 1.54) is 0 Å². The lowest BCUT2D eigenvalue weighted by molar-refractivity contribution is -0.162. The average molecular weight is 333 g/mol. The van der Waals surface area contributed by atoms with Crippen LogP contribution < -0.4 is 10.2 Å². The number of phenolic OH excluding ortho intramolecular Hbond substituents is 1. The number of fused-ring (bicyclic) bond motifs is 1. The molecule has 0 aliphatic carbocycles. The molecule has 0 spiro atoms. The topological polar surface area (TPSA) is 82.1 Å². The van der Waals surface area contributed by atoms with Crippen molar-refractivity contribution in [1.82, 2.24) is 10.2 Å². The van der Waals surface area contributed by atoms with Crippen molar-refractivity contribution in [3.8, 4) is 5.75 Å². The number of ether oxygens (including phenoxy) is 1. The molecule has 7 heteroatoms. The Morgan fingerprint density at radius 1 is 1.33 bits per heavy atom. The number of aromatic hydroxyl groups is 1. The van der Waals surface area contributed by atoms with Gasteiger partial charge in [0.15, 0.2) is 0 Å². The second-order valence-electron chi connectivity index (χ2n) is 7.17. The SMILES string of the molecule is CC(C)(C)OC(=O)C1CNCC2C(=O)N(c3cccc(O)c3)CN12. The van der Waals surface area contributed by atoms with Gasteiger partial charge in [-0.1, -0.05) is 6.07 Å². The van der Waals surface area contributed by atoms with E-state index in [9.17, 15) is 14.7 Å². The summed E-state index contributed by atoms with van der Waals surface area (Å²) in [6.07, 6.45) is 0. The summed E-state index contributed by atoms with van der Waals surface area (Å²) in [6.45, 7) is 6.73. The Morgan fingerprint density at radius 2 is 2.08 bits per heavy atom. The van der Waals surface area contributed by atoms with E-state index in [2.05, 4.69) is 5.32 Å². The molecule has 0 radical (unpaired) electrons. The van der Waals surface area contributed by atoms with Crippen LogP contribution in [-0.4, -0.2) is 59.3 Å². The molecular formula is C17H23N3O4. The van der Waals surface area contributed by atoms with E-state index in [0.717, 1.165) is 0 Å². The molecule has 1 amide bonds. The minimum absolute atomic E-state index is 0.0821. The van der Waals surface area contributed by atoms with Gasteiger partial charge >= 0.3 is 5.97 Å². The second-order valence-corrected chi connectivity index (χ2v) is 7.17. The number of rotatable bonds is 2. The predicted octanol–water partition coefficient (Wildman–Crippen LogP) is 0.680. The maximum Gasteiger partial charge on any atom is 0.325 e. The normalized spacial score (nSPS) is 24.8. The third-order valence-corrected chi connectivity index (χ3v) is 4.15. The first-order chi connectivity index (χ1) is 11.3. The zero-order chi connectivity index (χ0) is 17.5. The summed E-state index contributed by atoms with van der Waals surface area (Å²) in [5.74, 6) is -0.307. The van der Waals surface area contributed by atoms with Crippen LogP contribution in [0.2, 0.25) is 0 Å². The maximum absolute atomic E-state index is 12.7. The molecule has 2 unspecified atom stereocenters. The first-order valence-corrected chi connectivity index (χ1v) is 8.06. The molecule has 2 fully saturated rings. The summed E-state index contributed by atoms with van der Waals surface area (Å²) < 4.78 is 5.49. The molecule has 0 bridgehead atoms. The molecule has 1 aromatic rings. The molecule has 2 aliphatic heterocycles. The van der Waals surface area contributed by atoms with E-state index < -0.39 is 17.7 Å². The van der Waals surface area contributed by atoms with Gasteiger partial charge in [-0.15, -0.1) is 0 Å². The van der Waals surface area contributed by atoms with Crippen molar-refractivity contribution in [2.24, 2.45) is 0 Å². The van der Waals surface area contributed by atoms with Gasteiger partial charge in [-0.3, -0.25) is 19.4 Å². The molecule has 2 N–H and O–H groups in total. The first kappa shape index (κ1) is 16.7. The van der Waals surface area contributed by atoms with Crippen molar-refractivity contribution in [1.29, 1.82) is 0 Å². The lowest BCUT2D eigenvalue weighted by Crippen LogP contribution is -2.60. The standard InChI is InChI=1S/C17H23N3O4/c1-17(2,3)24-16(23)14-9-18-8-13-15(22)19(10-20(13)14)11-5-4-6-12(21)7-11/h4-7,13-14,18,21H,8-10H2,1-3H3. The summed E-state index contributed by atoms with van der Waals surface area (Å²) in [6, 6.07) is 5.66. The van der Waals surface area contributed by atoms with E-state index in [-0.39, 0.29) is 17.6 Å². The van der Waals surface area contributed by atoms with Gasteiger partial charge in [-0.2, -0.15) is 0 Å². The highest BCUT2D eigenvalue weighted by Gasteiger charge is 2.47. The van der Waals surface area contributed by atoms with E-state index in [4.69, 9.17) is 4.74 Å². The first-order valence-electron chi connectivity index (χ1n) is 8.06. The number of phenols is 1. The third-order valence-electron chi connectivity index (χ3n) is 4.15. The van der Waals surface area contributed by atoms with Crippen LogP contribution in [0.5, 0.6) is 5.75 Å². The lowest BCUT2D eigenvalue weighted by Gasteiger charge is -2.35. The van der Waals surface area contributed by atoms with Crippen molar-refractivity contribution in [3.63, 3.8) is 0 Å². The minimum Gasteiger partial charge on any atom is -0.508 e. The highest BCUT2D eigenvalue weighted by atomic mass is 16.6. The van der Waals surface area contributed by atoms with Crippen molar-refractivity contribution in [2.45, 2.75) is 38.5 Å². The number of benzene rings is 1. The number of carbonyl (C=O) groups is 2. The fraction of sp³-hybridized carbons (Fsp3) is 0.529. The van der Waals surface area contributed by atoms with Crippen LogP contribution in [0.3, 0.4) is 0 Å². The average Bonchev–Trinajstić information content (AvgIpc) is 2.83. The van der Waals surface area contributed by atoms with Crippen molar-refractivity contribution < 1.29 is 19.4 Å². The van der Waals surface area contributed by atoms with Gasteiger partial charge in [-0.25, -0.2) is 0 Å². The number of hydrogen-bond donors (Lipinski definition) is 2. The number of piperazine rings is 1. The van der Waals surface area contributed by atoms with Crippen molar-refractivity contribution in [3.05, 3.63) is 24.3 Å². The fourth-order valence-corrected chi connectivity index (χ4v) is 3.11. The number of nitrogens with zero attached hydrogens (tertiary/aromatic N) is 2. The molecule has 3 rings (SSSR count). The van der Waals surface area contributed by atoms with Crippen LogP contribution in [0.4, 0.5) is 5.69 Å². The van der Waals surface area contributed by atoms with Crippen molar-refractivity contribution >= 4 is 17.6 Å². The Morgan fingerprint density at radius 3 is 2.75 bits per heavy atom. The smallest absolute Gasteiger partial charge is 0.325 e. The van der Waals surface area contributed by atoms with Crippen LogP contribution in [0, 0.1) is 0 Å². The summed E-state index contributed by atoms with van der Waals surface area (Å²) in [5.41, 5.74) is 0.0518. The lowest BCUT2D eigenvalue weighted by atomic mass is 10.1. The molecule has 0 aromatic heterocycles. The largest absolute Gasteiger partial charge is 0.508 e. The second kappa shape index (κ2) is 6.07.